The summed E-state index contributed by atoms with van der Waals surface area (Å²) < 4.78 is 33.3. The van der Waals surface area contributed by atoms with Crippen LogP contribution in [0.15, 0.2) is 36.5 Å². The fourth-order valence-electron chi connectivity index (χ4n) is 2.67. The largest absolute Gasteiger partial charge is 0.496 e. The third-order valence-corrected chi connectivity index (χ3v) is 4.04. The van der Waals surface area contributed by atoms with Crippen LogP contribution in [0.4, 0.5) is 8.78 Å². The van der Waals surface area contributed by atoms with Gasteiger partial charge in [0.2, 0.25) is 0 Å². The molecule has 0 aliphatic rings. The molecule has 9 nitrogen and oxygen atoms in total. The van der Waals surface area contributed by atoms with Gasteiger partial charge in [-0.05, 0) is 18.2 Å². The lowest BCUT2D eigenvalue weighted by molar-refractivity contribution is -0.118. The number of methoxy groups -OCH3 is 1. The molecule has 0 fully saturated rings. The molecule has 0 radical (unpaired) electrons. The molecule has 0 unspecified atom stereocenters. The van der Waals surface area contributed by atoms with Gasteiger partial charge in [0.15, 0.2) is 11.7 Å². The summed E-state index contributed by atoms with van der Waals surface area (Å²) in [7, 11) is 1.43. The number of hydrogen-bond donors (Lipinski definition) is 2. The number of nitriles is 1. The molecule has 0 spiro atoms. The van der Waals surface area contributed by atoms with Crippen LogP contribution in [-0.4, -0.2) is 39.6 Å². The molecule has 2 aromatic heterocycles. The minimum absolute atomic E-state index is 0.131. The van der Waals surface area contributed by atoms with Crippen molar-refractivity contribution >= 4 is 17.5 Å². The standard InChI is InChI=1S/C18H14F2N6O3/c1-29-14-5-3-2-4-9(14)11-6-13(15(19)20)26-17(24-11)10(8-23-26)18(28)25-12(7-21)16(22)27/h2-6,8,12,15H,1H3,(H2,22,27)(H,25,28)/t12-/m1/s1. The van der Waals surface area contributed by atoms with E-state index >= 15 is 0 Å². The summed E-state index contributed by atoms with van der Waals surface area (Å²) in [6, 6.07) is 7.74. The molecule has 3 rings (SSSR count). The van der Waals surface area contributed by atoms with Gasteiger partial charge in [-0.15, -0.1) is 0 Å². The van der Waals surface area contributed by atoms with Crippen molar-refractivity contribution in [2.75, 3.05) is 7.11 Å². The molecule has 11 heteroatoms. The third-order valence-electron chi connectivity index (χ3n) is 4.04. The Morgan fingerprint density at radius 2 is 2.07 bits per heavy atom. The van der Waals surface area contributed by atoms with Crippen molar-refractivity contribution in [3.63, 3.8) is 0 Å². The van der Waals surface area contributed by atoms with Gasteiger partial charge >= 0.3 is 0 Å². The first kappa shape index (κ1) is 19.7. The van der Waals surface area contributed by atoms with Gasteiger partial charge in [0.05, 0.1) is 25.1 Å². The van der Waals surface area contributed by atoms with Crippen LogP contribution in [0, 0.1) is 11.3 Å². The Balaban J connectivity index is 2.17. The van der Waals surface area contributed by atoms with Gasteiger partial charge in [-0.25, -0.2) is 18.3 Å². The van der Waals surface area contributed by atoms with Gasteiger partial charge in [0, 0.05) is 5.56 Å². The number of nitrogens with zero attached hydrogens (tertiary/aromatic N) is 4. The number of carbonyl (C=O) groups excluding carboxylic acids is 2. The molecule has 0 aliphatic carbocycles. The number of carbonyl (C=O) groups is 2. The normalized spacial score (nSPS) is 11.8. The summed E-state index contributed by atoms with van der Waals surface area (Å²) in [6.45, 7) is 0. The number of fused-ring (bicyclic) bond motifs is 1. The van der Waals surface area contributed by atoms with Crippen LogP contribution in [0.2, 0.25) is 0 Å². The van der Waals surface area contributed by atoms with Crippen molar-refractivity contribution in [1.29, 1.82) is 5.26 Å². The van der Waals surface area contributed by atoms with E-state index in [1.54, 1.807) is 24.3 Å². The van der Waals surface area contributed by atoms with Gasteiger partial charge < -0.3 is 15.8 Å². The fraction of sp³-hybridized carbons (Fsp3) is 0.167. The van der Waals surface area contributed by atoms with Crippen LogP contribution < -0.4 is 15.8 Å². The fourth-order valence-corrected chi connectivity index (χ4v) is 2.67. The lowest BCUT2D eigenvalue weighted by Crippen LogP contribution is -2.43. The Bertz CT molecular complexity index is 1140. The molecule has 0 bridgehead atoms. The van der Waals surface area contributed by atoms with Crippen molar-refractivity contribution in [1.82, 2.24) is 19.9 Å². The van der Waals surface area contributed by atoms with E-state index in [9.17, 15) is 18.4 Å². The second-order valence-corrected chi connectivity index (χ2v) is 5.80. The highest BCUT2D eigenvalue weighted by atomic mass is 19.3. The van der Waals surface area contributed by atoms with Crippen molar-refractivity contribution < 1.29 is 23.1 Å². The third kappa shape index (κ3) is 3.68. The summed E-state index contributed by atoms with van der Waals surface area (Å²) in [4.78, 5) is 27.9. The number of aromatic nitrogens is 3. The van der Waals surface area contributed by atoms with Crippen LogP contribution >= 0.6 is 0 Å². The summed E-state index contributed by atoms with van der Waals surface area (Å²) in [5.74, 6) is -1.57. The van der Waals surface area contributed by atoms with E-state index in [1.165, 1.54) is 13.2 Å². The lowest BCUT2D eigenvalue weighted by atomic mass is 10.1. The van der Waals surface area contributed by atoms with Gasteiger partial charge in [0.1, 0.15) is 17.0 Å². The number of para-hydroxylation sites is 1. The number of nitrogens with two attached hydrogens (primary N) is 1. The number of nitrogens with one attached hydrogen (secondary N) is 1. The first-order valence-electron chi connectivity index (χ1n) is 8.17. The molecule has 0 aliphatic heterocycles. The molecule has 148 valence electrons. The molecule has 0 saturated carbocycles. The molecule has 2 heterocycles. The van der Waals surface area contributed by atoms with Crippen molar-refractivity contribution in [3.05, 3.63) is 47.8 Å². The van der Waals surface area contributed by atoms with E-state index in [4.69, 9.17) is 15.7 Å². The van der Waals surface area contributed by atoms with Crippen LogP contribution in [0.5, 0.6) is 5.75 Å². The summed E-state index contributed by atoms with van der Waals surface area (Å²) in [5.41, 5.74) is 4.71. The predicted octanol–water partition coefficient (Wildman–Crippen LogP) is 1.45. The number of rotatable bonds is 6. The molecule has 2 amide bonds. The van der Waals surface area contributed by atoms with Gasteiger partial charge in [-0.3, -0.25) is 9.59 Å². The Hall–Kier alpha value is -4.07. The van der Waals surface area contributed by atoms with E-state index in [1.807, 2.05) is 0 Å². The van der Waals surface area contributed by atoms with Crippen molar-refractivity contribution in [2.24, 2.45) is 5.73 Å². The van der Waals surface area contributed by atoms with E-state index in [0.29, 0.717) is 11.3 Å². The SMILES string of the molecule is COc1ccccc1-c1cc(C(F)F)n2ncc(C(=O)N[C@H](C#N)C(N)=O)c2n1. The number of alkyl halides is 2. The average Bonchev–Trinajstić information content (AvgIpc) is 3.14. The maximum Gasteiger partial charge on any atom is 0.280 e. The van der Waals surface area contributed by atoms with Crippen molar-refractivity contribution in [2.45, 2.75) is 12.5 Å². The van der Waals surface area contributed by atoms with E-state index in [0.717, 1.165) is 16.8 Å². The lowest BCUT2D eigenvalue weighted by Gasteiger charge is -2.11. The first-order valence-corrected chi connectivity index (χ1v) is 8.17. The quantitative estimate of drug-likeness (QED) is 0.643. The molecule has 3 aromatic rings. The minimum Gasteiger partial charge on any atom is -0.496 e. The number of ether oxygens (including phenoxy) is 1. The Kier molecular flexibility index (Phi) is 5.36. The highest BCUT2D eigenvalue weighted by Crippen LogP contribution is 2.32. The number of primary amides is 1. The number of benzene rings is 1. The average molecular weight is 400 g/mol. The molecular weight excluding hydrogens is 386 g/mol. The van der Waals surface area contributed by atoms with E-state index < -0.39 is 30.0 Å². The number of amides is 2. The minimum atomic E-state index is -2.91. The molecule has 29 heavy (non-hydrogen) atoms. The summed E-state index contributed by atoms with van der Waals surface area (Å²) in [6.07, 6.45) is -1.90. The van der Waals surface area contributed by atoms with Crippen LogP contribution in [-0.2, 0) is 4.79 Å². The Morgan fingerprint density at radius 1 is 1.34 bits per heavy atom. The summed E-state index contributed by atoms with van der Waals surface area (Å²) >= 11 is 0. The monoisotopic (exact) mass is 400 g/mol. The highest BCUT2D eigenvalue weighted by molar-refractivity contribution is 6.02. The summed E-state index contributed by atoms with van der Waals surface area (Å²) in [5, 5.41) is 14.8. The molecular formula is C18H14F2N6O3. The van der Waals surface area contributed by atoms with Gasteiger partial charge in [-0.2, -0.15) is 10.4 Å². The Labute approximate surface area is 162 Å². The number of hydrogen-bond acceptors (Lipinski definition) is 6. The molecule has 1 atom stereocenters. The van der Waals surface area contributed by atoms with Crippen LogP contribution in [0.1, 0.15) is 22.5 Å². The van der Waals surface area contributed by atoms with Crippen LogP contribution in [0.3, 0.4) is 0 Å². The van der Waals surface area contributed by atoms with Gasteiger partial charge in [-0.1, -0.05) is 12.1 Å². The van der Waals surface area contributed by atoms with E-state index in [2.05, 4.69) is 15.4 Å². The first-order chi connectivity index (χ1) is 13.9. The number of halogens is 2. The van der Waals surface area contributed by atoms with Gasteiger partial charge in [0.25, 0.3) is 18.2 Å². The predicted molar refractivity (Wildman–Crippen MR) is 96.0 cm³/mol. The second kappa shape index (κ2) is 7.89. The molecule has 1 aromatic carbocycles. The zero-order chi connectivity index (χ0) is 21.1. The topological polar surface area (TPSA) is 135 Å². The maximum atomic E-state index is 13.6. The maximum absolute atomic E-state index is 13.6. The zero-order valence-corrected chi connectivity index (χ0v) is 15.0. The van der Waals surface area contributed by atoms with E-state index in [-0.39, 0.29) is 16.9 Å². The highest BCUT2D eigenvalue weighted by Gasteiger charge is 2.25. The zero-order valence-electron chi connectivity index (χ0n) is 15.0. The van der Waals surface area contributed by atoms with Crippen molar-refractivity contribution in [3.8, 4) is 23.1 Å². The molecule has 3 N–H and O–H groups in total. The second-order valence-electron chi connectivity index (χ2n) is 5.80. The smallest absolute Gasteiger partial charge is 0.280 e. The van der Waals surface area contributed by atoms with Crippen LogP contribution in [0.25, 0.3) is 16.9 Å². The molecule has 0 saturated heterocycles. The Morgan fingerprint density at radius 3 is 2.69 bits per heavy atom.